The lowest BCUT2D eigenvalue weighted by Gasteiger charge is -2.37. The standard InChI is InChI=1S/C23H28ClN7O3S/c1-14-9-21(29-12-16(25)13-29)26-22-11-19(27-31(14)22)20-5-3-4-8-30(20)23(32)17-10-15(24)6-7-18(17)28-35(2,33)34/h6-7,9-11,16,20,28H,3-5,8,12-13,25H2,1-2H3. The summed E-state index contributed by atoms with van der Waals surface area (Å²) in [6.45, 7) is 4.06. The summed E-state index contributed by atoms with van der Waals surface area (Å²) in [5.74, 6) is 0.579. The van der Waals surface area contributed by atoms with Gasteiger partial charge in [-0.15, -0.1) is 0 Å². The smallest absolute Gasteiger partial charge is 0.256 e. The van der Waals surface area contributed by atoms with Gasteiger partial charge in [-0.3, -0.25) is 9.52 Å². The van der Waals surface area contributed by atoms with Gasteiger partial charge in [0.1, 0.15) is 5.82 Å². The van der Waals surface area contributed by atoms with Crippen LogP contribution in [0.2, 0.25) is 5.02 Å². The number of benzene rings is 1. The van der Waals surface area contributed by atoms with E-state index in [0.717, 1.165) is 61.5 Å². The maximum atomic E-state index is 13.7. The molecule has 1 unspecified atom stereocenters. The summed E-state index contributed by atoms with van der Waals surface area (Å²) in [4.78, 5) is 22.4. The molecule has 12 heteroatoms. The van der Waals surface area contributed by atoms with E-state index in [2.05, 4.69) is 9.62 Å². The predicted octanol–water partition coefficient (Wildman–Crippen LogP) is 2.58. The minimum absolute atomic E-state index is 0.171. The number of nitrogens with two attached hydrogens (primary N) is 1. The number of rotatable bonds is 5. The van der Waals surface area contributed by atoms with Crippen LogP contribution >= 0.6 is 11.6 Å². The molecule has 3 aromatic rings. The Morgan fingerprint density at radius 3 is 2.69 bits per heavy atom. The second kappa shape index (κ2) is 8.96. The van der Waals surface area contributed by atoms with E-state index < -0.39 is 10.0 Å². The Kier molecular flexibility index (Phi) is 6.10. The quantitative estimate of drug-likeness (QED) is 0.532. The number of nitrogens with zero attached hydrogens (tertiary/aromatic N) is 5. The molecule has 10 nitrogen and oxygen atoms in total. The first-order valence-electron chi connectivity index (χ1n) is 11.6. The molecule has 2 aromatic heterocycles. The van der Waals surface area contributed by atoms with Crippen LogP contribution in [0.5, 0.6) is 0 Å². The van der Waals surface area contributed by atoms with Crippen LogP contribution in [0.15, 0.2) is 30.3 Å². The first-order valence-corrected chi connectivity index (χ1v) is 13.8. The van der Waals surface area contributed by atoms with Crippen molar-refractivity contribution in [2.45, 2.75) is 38.3 Å². The van der Waals surface area contributed by atoms with Crippen molar-refractivity contribution >= 4 is 44.7 Å². The molecule has 1 aromatic carbocycles. The molecular weight excluding hydrogens is 490 g/mol. The summed E-state index contributed by atoms with van der Waals surface area (Å²) < 4.78 is 28.0. The number of aryl methyl sites for hydroxylation is 1. The lowest BCUT2D eigenvalue weighted by atomic mass is 9.98. The van der Waals surface area contributed by atoms with Crippen LogP contribution < -0.4 is 15.4 Å². The van der Waals surface area contributed by atoms with Gasteiger partial charge in [-0.05, 0) is 44.4 Å². The van der Waals surface area contributed by atoms with Gasteiger partial charge in [0.2, 0.25) is 10.0 Å². The summed E-state index contributed by atoms with van der Waals surface area (Å²) in [6.07, 6.45) is 3.60. The fourth-order valence-corrected chi connectivity index (χ4v) is 5.52. The highest BCUT2D eigenvalue weighted by atomic mass is 35.5. The molecule has 1 amide bonds. The number of carbonyl (C=O) groups is 1. The van der Waals surface area contributed by atoms with Gasteiger partial charge in [-0.25, -0.2) is 17.9 Å². The van der Waals surface area contributed by atoms with Gasteiger partial charge < -0.3 is 15.5 Å². The molecule has 1 atom stereocenters. The number of nitrogens with one attached hydrogen (secondary N) is 1. The fraction of sp³-hybridized carbons (Fsp3) is 0.435. The Morgan fingerprint density at radius 2 is 1.97 bits per heavy atom. The van der Waals surface area contributed by atoms with Crippen molar-refractivity contribution in [2.75, 3.05) is 35.5 Å². The van der Waals surface area contributed by atoms with Crippen LogP contribution in [-0.2, 0) is 10.0 Å². The number of hydrogen-bond donors (Lipinski definition) is 2. The summed E-state index contributed by atoms with van der Waals surface area (Å²) >= 11 is 6.18. The monoisotopic (exact) mass is 517 g/mol. The van der Waals surface area contributed by atoms with E-state index in [1.165, 1.54) is 12.1 Å². The van der Waals surface area contributed by atoms with Gasteiger partial charge in [0, 0.05) is 48.5 Å². The molecule has 35 heavy (non-hydrogen) atoms. The van der Waals surface area contributed by atoms with Gasteiger partial charge in [0.25, 0.3) is 5.91 Å². The second-order valence-corrected chi connectivity index (χ2v) is 11.5. The number of aromatic nitrogens is 3. The van der Waals surface area contributed by atoms with Crippen molar-refractivity contribution in [3.05, 3.63) is 52.3 Å². The number of amides is 1. The predicted molar refractivity (Wildman–Crippen MR) is 135 cm³/mol. The molecule has 4 heterocycles. The van der Waals surface area contributed by atoms with Crippen LogP contribution in [0, 0.1) is 6.92 Å². The highest BCUT2D eigenvalue weighted by Gasteiger charge is 2.33. The zero-order valence-electron chi connectivity index (χ0n) is 19.6. The Hall–Kier alpha value is -2.89. The summed E-state index contributed by atoms with van der Waals surface area (Å²) in [5.41, 5.74) is 8.77. The summed E-state index contributed by atoms with van der Waals surface area (Å²) in [7, 11) is -3.58. The van der Waals surface area contributed by atoms with E-state index in [-0.39, 0.29) is 29.2 Å². The average Bonchev–Trinajstić information content (AvgIpc) is 3.21. The van der Waals surface area contributed by atoms with Gasteiger partial charge in [0.15, 0.2) is 5.65 Å². The van der Waals surface area contributed by atoms with Crippen molar-refractivity contribution in [2.24, 2.45) is 5.73 Å². The molecule has 0 aliphatic carbocycles. The van der Waals surface area contributed by atoms with Gasteiger partial charge in [-0.2, -0.15) is 5.10 Å². The fourth-order valence-electron chi connectivity index (χ4n) is 4.77. The minimum Gasteiger partial charge on any atom is -0.353 e. The molecule has 2 aliphatic rings. The third kappa shape index (κ3) is 4.80. The highest BCUT2D eigenvalue weighted by Crippen LogP contribution is 2.34. The van der Waals surface area contributed by atoms with E-state index in [9.17, 15) is 13.2 Å². The summed E-state index contributed by atoms with van der Waals surface area (Å²) in [6, 6.07) is 8.40. The topological polar surface area (TPSA) is 126 Å². The SMILES string of the molecule is Cc1cc(N2CC(N)C2)nc2cc(C3CCCCN3C(=O)c3cc(Cl)ccc3NS(C)(=O)=O)nn12. The third-order valence-electron chi connectivity index (χ3n) is 6.46. The molecular formula is C23H28ClN7O3S. The number of likely N-dealkylation sites (tertiary alicyclic amines) is 1. The van der Waals surface area contributed by atoms with Gasteiger partial charge in [-0.1, -0.05) is 11.6 Å². The lowest BCUT2D eigenvalue weighted by molar-refractivity contribution is 0.0607. The van der Waals surface area contributed by atoms with Gasteiger partial charge in [0.05, 0.1) is 29.2 Å². The molecule has 5 rings (SSSR count). The molecule has 186 valence electrons. The Balaban J connectivity index is 1.49. The van der Waals surface area contributed by atoms with E-state index in [4.69, 9.17) is 27.4 Å². The molecule has 0 saturated carbocycles. The Bertz CT molecular complexity index is 1400. The molecule has 2 aliphatic heterocycles. The van der Waals surface area contributed by atoms with E-state index >= 15 is 0 Å². The van der Waals surface area contributed by atoms with Crippen LogP contribution in [-0.4, -0.2) is 65.8 Å². The number of carbonyl (C=O) groups excluding carboxylic acids is 1. The number of piperidine rings is 1. The zero-order valence-corrected chi connectivity index (χ0v) is 21.2. The first-order chi connectivity index (χ1) is 16.6. The molecule has 3 N–H and O–H groups in total. The molecule has 0 radical (unpaired) electrons. The van der Waals surface area contributed by atoms with Crippen LogP contribution in [0.1, 0.15) is 47.1 Å². The third-order valence-corrected chi connectivity index (χ3v) is 7.28. The van der Waals surface area contributed by atoms with Gasteiger partial charge >= 0.3 is 0 Å². The number of halogens is 1. The van der Waals surface area contributed by atoms with E-state index in [0.29, 0.717) is 11.6 Å². The van der Waals surface area contributed by atoms with Crippen molar-refractivity contribution < 1.29 is 13.2 Å². The summed E-state index contributed by atoms with van der Waals surface area (Å²) in [5, 5.41) is 5.15. The zero-order chi connectivity index (χ0) is 24.9. The Morgan fingerprint density at radius 1 is 1.20 bits per heavy atom. The van der Waals surface area contributed by atoms with Crippen LogP contribution in [0.25, 0.3) is 5.65 Å². The molecule has 0 bridgehead atoms. The molecule has 2 saturated heterocycles. The largest absolute Gasteiger partial charge is 0.353 e. The number of hydrogen-bond acceptors (Lipinski definition) is 7. The lowest BCUT2D eigenvalue weighted by Crippen LogP contribution is -2.56. The maximum absolute atomic E-state index is 13.7. The average molecular weight is 518 g/mol. The van der Waals surface area contributed by atoms with Crippen molar-refractivity contribution in [3.63, 3.8) is 0 Å². The van der Waals surface area contributed by atoms with Crippen LogP contribution in [0.4, 0.5) is 11.5 Å². The Labute approximate surface area is 209 Å². The maximum Gasteiger partial charge on any atom is 0.256 e. The number of sulfonamides is 1. The first kappa shape index (κ1) is 23.8. The molecule has 0 spiro atoms. The van der Waals surface area contributed by atoms with E-state index in [1.54, 1.807) is 15.5 Å². The molecule has 2 fully saturated rings. The minimum atomic E-state index is -3.58. The second-order valence-electron chi connectivity index (χ2n) is 9.33. The number of fused-ring (bicyclic) bond motifs is 1. The van der Waals surface area contributed by atoms with Crippen LogP contribution in [0.3, 0.4) is 0 Å². The normalized spacial score (nSPS) is 19.1. The number of anilines is 2. The van der Waals surface area contributed by atoms with Crippen molar-refractivity contribution in [1.82, 2.24) is 19.5 Å². The van der Waals surface area contributed by atoms with Crippen molar-refractivity contribution in [3.8, 4) is 0 Å². The highest BCUT2D eigenvalue weighted by molar-refractivity contribution is 7.92. The van der Waals surface area contributed by atoms with Crippen molar-refractivity contribution in [1.29, 1.82) is 0 Å². The van der Waals surface area contributed by atoms with E-state index in [1.807, 2.05) is 19.1 Å².